The van der Waals surface area contributed by atoms with Crippen LogP contribution in [-0.2, 0) is 4.79 Å². The molecule has 0 radical (unpaired) electrons. The number of hydrogen-bond donors (Lipinski definition) is 1. The third-order valence-electron chi connectivity index (χ3n) is 5.63. The van der Waals surface area contributed by atoms with Crippen molar-refractivity contribution >= 4 is 18.3 Å². The van der Waals surface area contributed by atoms with Crippen molar-refractivity contribution in [1.82, 2.24) is 10.2 Å². The smallest absolute Gasteiger partial charge is 0.226 e. The number of rotatable bonds is 5. The van der Waals surface area contributed by atoms with Crippen LogP contribution in [0.1, 0.15) is 58.3 Å². The van der Waals surface area contributed by atoms with E-state index in [1.54, 1.807) is 0 Å². The summed E-state index contributed by atoms with van der Waals surface area (Å²) in [6, 6.07) is 0.468. The lowest BCUT2D eigenvalue weighted by Gasteiger charge is -2.29. The topological polar surface area (TPSA) is 32.3 Å². The molecule has 122 valence electrons. The van der Waals surface area contributed by atoms with Crippen molar-refractivity contribution < 1.29 is 4.79 Å². The first kappa shape index (κ1) is 17.1. The van der Waals surface area contributed by atoms with Crippen molar-refractivity contribution in [2.45, 2.75) is 64.3 Å². The Labute approximate surface area is 135 Å². The second kappa shape index (κ2) is 7.82. The lowest BCUT2D eigenvalue weighted by Crippen LogP contribution is -2.43. The minimum atomic E-state index is 0. The maximum Gasteiger partial charge on any atom is 0.226 e. The van der Waals surface area contributed by atoms with Crippen molar-refractivity contribution in [1.29, 1.82) is 0 Å². The van der Waals surface area contributed by atoms with E-state index in [1.165, 1.54) is 38.5 Å². The zero-order valence-electron chi connectivity index (χ0n) is 13.4. The summed E-state index contributed by atoms with van der Waals surface area (Å²) in [6.07, 6.45) is 10.4. The van der Waals surface area contributed by atoms with Crippen LogP contribution in [0.5, 0.6) is 0 Å². The predicted octanol–water partition coefficient (Wildman–Crippen LogP) is 3.23. The van der Waals surface area contributed by atoms with Crippen LogP contribution < -0.4 is 5.32 Å². The van der Waals surface area contributed by atoms with Gasteiger partial charge in [0.15, 0.2) is 0 Å². The predicted molar refractivity (Wildman–Crippen MR) is 88.7 cm³/mol. The Kier molecular flexibility index (Phi) is 6.36. The van der Waals surface area contributed by atoms with Crippen LogP contribution in [0.4, 0.5) is 0 Å². The van der Waals surface area contributed by atoms with Gasteiger partial charge in [0.25, 0.3) is 0 Å². The fourth-order valence-electron chi connectivity index (χ4n) is 4.41. The van der Waals surface area contributed by atoms with Crippen LogP contribution in [0.15, 0.2) is 0 Å². The van der Waals surface area contributed by atoms with Crippen molar-refractivity contribution in [2.75, 3.05) is 19.6 Å². The zero-order valence-corrected chi connectivity index (χ0v) is 14.2. The molecular formula is C17H31ClN2O. The minimum absolute atomic E-state index is 0. The molecule has 0 bridgehead atoms. The van der Waals surface area contributed by atoms with E-state index in [1.807, 2.05) is 0 Å². The molecule has 0 aromatic rings. The van der Waals surface area contributed by atoms with Crippen LogP contribution in [0.25, 0.3) is 0 Å². The summed E-state index contributed by atoms with van der Waals surface area (Å²) in [6.45, 7) is 5.23. The highest BCUT2D eigenvalue weighted by Gasteiger charge is 2.49. The number of amides is 1. The largest absolute Gasteiger partial charge is 0.338 e. The third kappa shape index (κ3) is 3.92. The van der Waals surface area contributed by atoms with Gasteiger partial charge in [-0.05, 0) is 37.6 Å². The second-order valence-electron chi connectivity index (χ2n) is 7.08. The number of nitrogens with one attached hydrogen (secondary N) is 1. The van der Waals surface area contributed by atoms with Crippen molar-refractivity contribution in [2.24, 2.45) is 17.8 Å². The molecular weight excluding hydrogens is 284 g/mol. The van der Waals surface area contributed by atoms with Crippen LogP contribution >= 0.6 is 12.4 Å². The van der Waals surface area contributed by atoms with Gasteiger partial charge < -0.3 is 10.2 Å². The Hall–Kier alpha value is -0.280. The molecule has 0 aromatic carbocycles. The average Bonchev–Trinajstić information content (AvgIpc) is 3.11. The summed E-state index contributed by atoms with van der Waals surface area (Å²) < 4.78 is 0. The summed E-state index contributed by atoms with van der Waals surface area (Å²) >= 11 is 0. The molecule has 3 atom stereocenters. The fourth-order valence-corrected chi connectivity index (χ4v) is 4.41. The molecule has 1 heterocycles. The lowest BCUT2D eigenvalue weighted by atomic mass is 9.85. The summed E-state index contributed by atoms with van der Waals surface area (Å²) in [5, 5.41) is 3.41. The van der Waals surface area contributed by atoms with E-state index in [9.17, 15) is 4.79 Å². The SMILES string of the molecule is CCCN(C(=O)C1CC1C1CCCCC1)C1CCNC1.Cl. The first-order chi connectivity index (χ1) is 9.81. The number of hydrogen-bond acceptors (Lipinski definition) is 2. The second-order valence-corrected chi connectivity index (χ2v) is 7.08. The number of nitrogens with zero attached hydrogens (tertiary/aromatic N) is 1. The van der Waals surface area contributed by atoms with Gasteiger partial charge in [-0.1, -0.05) is 39.0 Å². The van der Waals surface area contributed by atoms with E-state index < -0.39 is 0 Å². The van der Waals surface area contributed by atoms with Crippen LogP contribution in [0.3, 0.4) is 0 Å². The van der Waals surface area contributed by atoms with Crippen LogP contribution in [-0.4, -0.2) is 36.5 Å². The van der Waals surface area contributed by atoms with Gasteiger partial charge in [-0.15, -0.1) is 12.4 Å². The van der Waals surface area contributed by atoms with E-state index >= 15 is 0 Å². The van der Waals surface area contributed by atoms with Gasteiger partial charge in [-0.2, -0.15) is 0 Å². The van der Waals surface area contributed by atoms with E-state index in [0.29, 0.717) is 17.9 Å². The average molecular weight is 315 g/mol. The van der Waals surface area contributed by atoms with E-state index in [-0.39, 0.29) is 12.4 Å². The molecule has 2 saturated carbocycles. The van der Waals surface area contributed by atoms with Gasteiger partial charge in [0, 0.05) is 25.0 Å². The van der Waals surface area contributed by atoms with Gasteiger partial charge in [-0.25, -0.2) is 0 Å². The standard InChI is InChI=1S/C17H30N2O.ClH/c1-2-10-19(14-8-9-18-12-14)17(20)16-11-15(16)13-6-4-3-5-7-13;/h13-16,18H,2-12H2,1H3;1H. The van der Waals surface area contributed by atoms with Gasteiger partial charge in [-0.3, -0.25) is 4.79 Å². The van der Waals surface area contributed by atoms with Gasteiger partial charge in [0.05, 0.1) is 0 Å². The highest BCUT2D eigenvalue weighted by atomic mass is 35.5. The first-order valence-corrected chi connectivity index (χ1v) is 8.82. The van der Waals surface area contributed by atoms with Crippen LogP contribution in [0, 0.1) is 17.8 Å². The summed E-state index contributed by atoms with van der Waals surface area (Å²) in [7, 11) is 0. The Morgan fingerprint density at radius 3 is 2.57 bits per heavy atom. The van der Waals surface area contributed by atoms with Crippen molar-refractivity contribution in [3.63, 3.8) is 0 Å². The Morgan fingerprint density at radius 1 is 1.19 bits per heavy atom. The molecule has 21 heavy (non-hydrogen) atoms. The molecule has 2 aliphatic carbocycles. The quantitative estimate of drug-likeness (QED) is 0.845. The summed E-state index contributed by atoms with van der Waals surface area (Å²) in [5.41, 5.74) is 0. The molecule has 4 heteroatoms. The van der Waals surface area contributed by atoms with Gasteiger partial charge in [0.1, 0.15) is 0 Å². The molecule has 3 unspecified atom stereocenters. The lowest BCUT2D eigenvalue weighted by molar-refractivity contribution is -0.135. The van der Waals surface area contributed by atoms with Gasteiger partial charge >= 0.3 is 0 Å². The molecule has 1 saturated heterocycles. The van der Waals surface area contributed by atoms with E-state index in [2.05, 4.69) is 17.1 Å². The maximum absolute atomic E-state index is 12.8. The van der Waals surface area contributed by atoms with E-state index in [0.717, 1.165) is 44.3 Å². The van der Waals surface area contributed by atoms with Crippen LogP contribution in [0.2, 0.25) is 0 Å². The Balaban J connectivity index is 0.00000161. The van der Waals surface area contributed by atoms with Crippen molar-refractivity contribution in [3.8, 4) is 0 Å². The molecule has 3 aliphatic rings. The minimum Gasteiger partial charge on any atom is -0.338 e. The van der Waals surface area contributed by atoms with E-state index in [4.69, 9.17) is 0 Å². The molecule has 1 N–H and O–H groups in total. The molecule has 3 rings (SSSR count). The Morgan fingerprint density at radius 2 is 1.95 bits per heavy atom. The molecule has 3 fully saturated rings. The fraction of sp³-hybridized carbons (Fsp3) is 0.941. The summed E-state index contributed by atoms with van der Waals surface area (Å²) in [4.78, 5) is 15.0. The highest BCUT2D eigenvalue weighted by Crippen LogP contribution is 2.50. The monoisotopic (exact) mass is 314 g/mol. The normalized spacial score (nSPS) is 32.5. The molecule has 1 amide bonds. The molecule has 0 aromatic heterocycles. The maximum atomic E-state index is 12.8. The molecule has 1 aliphatic heterocycles. The molecule has 0 spiro atoms. The summed E-state index contributed by atoms with van der Waals surface area (Å²) in [5.74, 6) is 2.46. The van der Waals surface area contributed by atoms with Gasteiger partial charge in [0.2, 0.25) is 5.91 Å². The highest BCUT2D eigenvalue weighted by molar-refractivity contribution is 5.85. The number of carbonyl (C=O) groups is 1. The Bertz CT molecular complexity index is 338. The first-order valence-electron chi connectivity index (χ1n) is 8.82. The third-order valence-corrected chi connectivity index (χ3v) is 5.63. The number of carbonyl (C=O) groups excluding carboxylic acids is 1. The number of halogens is 1. The zero-order chi connectivity index (χ0) is 13.9. The van der Waals surface area contributed by atoms with Crippen molar-refractivity contribution in [3.05, 3.63) is 0 Å². The molecule has 3 nitrogen and oxygen atoms in total.